The highest BCUT2D eigenvalue weighted by atomic mass is 32.1. The van der Waals surface area contributed by atoms with Crippen molar-refractivity contribution in [3.8, 4) is 0 Å². The van der Waals surface area contributed by atoms with Crippen LogP contribution in [0.3, 0.4) is 0 Å². The maximum atomic E-state index is 12.5. The number of hydrogen-bond acceptors (Lipinski definition) is 5. The van der Waals surface area contributed by atoms with Crippen LogP contribution < -0.4 is 10.9 Å². The first-order chi connectivity index (χ1) is 11.2. The van der Waals surface area contributed by atoms with Crippen LogP contribution >= 0.6 is 11.3 Å². The van der Waals surface area contributed by atoms with Crippen LogP contribution in [0.4, 0.5) is 0 Å². The number of nitrogens with zero attached hydrogens (tertiary/aromatic N) is 3. The first kappa shape index (κ1) is 14.8. The average molecular weight is 332 g/mol. The van der Waals surface area contributed by atoms with Crippen molar-refractivity contribution in [2.45, 2.75) is 44.3 Å². The minimum atomic E-state index is -0.0550. The zero-order valence-electron chi connectivity index (χ0n) is 12.9. The van der Waals surface area contributed by atoms with E-state index in [1.165, 1.54) is 17.8 Å². The summed E-state index contributed by atoms with van der Waals surface area (Å²) in [5.41, 5.74) is -0.0550. The third-order valence-corrected chi connectivity index (χ3v) is 5.71. The van der Waals surface area contributed by atoms with Crippen LogP contribution in [-0.4, -0.2) is 45.5 Å². The van der Waals surface area contributed by atoms with Crippen molar-refractivity contribution < 1.29 is 4.79 Å². The maximum absolute atomic E-state index is 12.5. The van der Waals surface area contributed by atoms with Gasteiger partial charge in [-0.15, -0.1) is 11.3 Å². The van der Waals surface area contributed by atoms with Crippen molar-refractivity contribution in [3.05, 3.63) is 28.1 Å². The number of aromatic nitrogens is 2. The quantitative estimate of drug-likeness (QED) is 0.917. The zero-order chi connectivity index (χ0) is 15.8. The number of fused-ring (bicyclic) bond motifs is 3. The molecule has 2 fully saturated rings. The van der Waals surface area contributed by atoms with Gasteiger partial charge in [-0.3, -0.25) is 14.2 Å². The van der Waals surface area contributed by atoms with E-state index >= 15 is 0 Å². The topological polar surface area (TPSA) is 67.2 Å². The van der Waals surface area contributed by atoms with Crippen molar-refractivity contribution in [1.29, 1.82) is 0 Å². The lowest BCUT2D eigenvalue weighted by atomic mass is 10.1. The summed E-state index contributed by atoms with van der Waals surface area (Å²) in [5, 5.41) is 6.09. The molecule has 2 unspecified atom stereocenters. The van der Waals surface area contributed by atoms with E-state index in [9.17, 15) is 9.59 Å². The molecule has 4 heterocycles. The molecule has 0 radical (unpaired) electrons. The highest BCUT2D eigenvalue weighted by Gasteiger charge is 2.30. The van der Waals surface area contributed by atoms with Crippen LogP contribution in [0.15, 0.2) is 22.6 Å². The molecule has 2 saturated heterocycles. The van der Waals surface area contributed by atoms with Crippen LogP contribution in [-0.2, 0) is 11.3 Å². The maximum Gasteiger partial charge on any atom is 0.262 e. The Kier molecular flexibility index (Phi) is 3.90. The fourth-order valence-corrected chi connectivity index (χ4v) is 4.32. The minimum absolute atomic E-state index is 0.0550. The van der Waals surface area contributed by atoms with Gasteiger partial charge in [0.05, 0.1) is 11.7 Å². The second-order valence-electron chi connectivity index (χ2n) is 6.40. The van der Waals surface area contributed by atoms with Crippen LogP contribution in [0.25, 0.3) is 10.2 Å². The number of aryl methyl sites for hydroxylation is 1. The lowest BCUT2D eigenvalue weighted by Crippen LogP contribution is -2.39. The van der Waals surface area contributed by atoms with Gasteiger partial charge in [-0.25, -0.2) is 4.98 Å². The van der Waals surface area contributed by atoms with E-state index in [2.05, 4.69) is 10.3 Å². The molecule has 23 heavy (non-hydrogen) atoms. The molecule has 1 amide bonds. The van der Waals surface area contributed by atoms with E-state index in [1.54, 1.807) is 17.0 Å². The SMILES string of the molecule is O=C(CCn1cnc2sccc2c1=O)N1CCC2CCC(C1)N2. The Morgan fingerprint density at radius 2 is 2.22 bits per heavy atom. The van der Waals surface area contributed by atoms with Gasteiger partial charge in [0.2, 0.25) is 5.91 Å². The summed E-state index contributed by atoms with van der Waals surface area (Å²) in [6.45, 7) is 2.02. The van der Waals surface area contributed by atoms with Gasteiger partial charge in [-0.1, -0.05) is 0 Å². The van der Waals surface area contributed by atoms with E-state index in [0.717, 1.165) is 30.8 Å². The fourth-order valence-electron chi connectivity index (χ4n) is 3.60. The number of likely N-dealkylation sites (tertiary alicyclic amines) is 1. The molecule has 7 heteroatoms. The van der Waals surface area contributed by atoms with E-state index in [1.807, 2.05) is 10.3 Å². The molecule has 2 aliphatic rings. The van der Waals surface area contributed by atoms with Gasteiger partial charge in [0.15, 0.2) is 0 Å². The molecule has 1 N–H and O–H groups in total. The highest BCUT2D eigenvalue weighted by molar-refractivity contribution is 7.16. The molecule has 2 aromatic heterocycles. The lowest BCUT2D eigenvalue weighted by Gasteiger charge is -2.24. The van der Waals surface area contributed by atoms with Crippen molar-refractivity contribution in [1.82, 2.24) is 19.8 Å². The average Bonchev–Trinajstić information content (AvgIpc) is 3.13. The van der Waals surface area contributed by atoms with Gasteiger partial charge < -0.3 is 10.2 Å². The number of hydrogen-bond donors (Lipinski definition) is 1. The molecule has 2 atom stereocenters. The van der Waals surface area contributed by atoms with Crippen molar-refractivity contribution >= 4 is 27.5 Å². The minimum Gasteiger partial charge on any atom is -0.341 e. The molecule has 4 rings (SSSR count). The molecule has 0 saturated carbocycles. The zero-order valence-corrected chi connectivity index (χ0v) is 13.7. The summed E-state index contributed by atoms with van der Waals surface area (Å²) in [6, 6.07) is 2.81. The van der Waals surface area contributed by atoms with Crippen LogP contribution in [0.5, 0.6) is 0 Å². The largest absolute Gasteiger partial charge is 0.341 e. The number of amides is 1. The molecule has 2 aromatic rings. The highest BCUT2D eigenvalue weighted by Crippen LogP contribution is 2.20. The Labute approximate surface area is 138 Å². The van der Waals surface area contributed by atoms with Gasteiger partial charge in [-0.2, -0.15) is 0 Å². The third kappa shape index (κ3) is 2.90. The first-order valence-electron chi connectivity index (χ1n) is 8.17. The van der Waals surface area contributed by atoms with Crippen LogP contribution in [0.2, 0.25) is 0 Å². The van der Waals surface area contributed by atoms with Gasteiger partial charge in [-0.05, 0) is 30.7 Å². The van der Waals surface area contributed by atoms with E-state index in [-0.39, 0.29) is 11.5 Å². The molecule has 2 aliphatic heterocycles. The Balaban J connectivity index is 1.42. The van der Waals surface area contributed by atoms with E-state index < -0.39 is 0 Å². The second-order valence-corrected chi connectivity index (χ2v) is 7.29. The summed E-state index contributed by atoms with van der Waals surface area (Å²) in [6.07, 6.45) is 5.33. The number of carbonyl (C=O) groups is 1. The predicted molar refractivity (Wildman–Crippen MR) is 89.6 cm³/mol. The Hall–Kier alpha value is -1.73. The van der Waals surface area contributed by atoms with E-state index in [0.29, 0.717) is 30.4 Å². The predicted octanol–water partition coefficient (Wildman–Crippen LogP) is 1.20. The van der Waals surface area contributed by atoms with Crippen molar-refractivity contribution in [3.63, 3.8) is 0 Å². The first-order valence-corrected chi connectivity index (χ1v) is 9.05. The standard InChI is InChI=1S/C16H20N4O2S/c21-14(19-6-3-11-1-2-12(9-19)18-11)4-7-20-10-17-15-13(16(20)22)5-8-23-15/h5,8,10-12,18H,1-4,6-7,9H2. The molecule has 122 valence electrons. The van der Waals surface area contributed by atoms with Crippen LogP contribution in [0.1, 0.15) is 25.7 Å². The third-order valence-electron chi connectivity index (χ3n) is 4.89. The Morgan fingerprint density at radius 1 is 1.35 bits per heavy atom. The van der Waals surface area contributed by atoms with Crippen molar-refractivity contribution in [2.75, 3.05) is 13.1 Å². The summed E-state index contributed by atoms with van der Waals surface area (Å²) in [5.74, 6) is 0.136. The number of rotatable bonds is 3. The Morgan fingerprint density at radius 3 is 3.13 bits per heavy atom. The van der Waals surface area contributed by atoms with Crippen molar-refractivity contribution in [2.24, 2.45) is 0 Å². The summed E-state index contributed by atoms with van der Waals surface area (Å²) < 4.78 is 1.55. The molecule has 6 nitrogen and oxygen atoms in total. The lowest BCUT2D eigenvalue weighted by molar-refractivity contribution is -0.131. The van der Waals surface area contributed by atoms with Crippen LogP contribution in [0, 0.1) is 0 Å². The molecular formula is C16H20N4O2S. The molecule has 0 aromatic carbocycles. The summed E-state index contributed by atoms with van der Waals surface area (Å²) >= 11 is 1.46. The van der Waals surface area contributed by atoms with Gasteiger partial charge in [0.1, 0.15) is 4.83 Å². The van der Waals surface area contributed by atoms with Gasteiger partial charge >= 0.3 is 0 Å². The Bertz CT molecular complexity index is 784. The van der Waals surface area contributed by atoms with Gasteiger partial charge in [0, 0.05) is 38.1 Å². The molecule has 2 bridgehead atoms. The van der Waals surface area contributed by atoms with Gasteiger partial charge in [0.25, 0.3) is 5.56 Å². The normalized spacial score (nSPS) is 24.1. The number of carbonyl (C=O) groups excluding carboxylic acids is 1. The molecule has 0 aliphatic carbocycles. The number of thiophene rings is 1. The number of nitrogens with one attached hydrogen (secondary N) is 1. The fraction of sp³-hybridized carbons (Fsp3) is 0.562. The summed E-state index contributed by atoms with van der Waals surface area (Å²) in [4.78, 5) is 31.8. The monoisotopic (exact) mass is 332 g/mol. The molecule has 0 spiro atoms. The smallest absolute Gasteiger partial charge is 0.262 e. The molecular weight excluding hydrogens is 312 g/mol. The summed E-state index contributed by atoms with van der Waals surface area (Å²) in [7, 11) is 0. The van der Waals surface area contributed by atoms with E-state index in [4.69, 9.17) is 0 Å². The second kappa shape index (κ2) is 6.05.